The molecule has 2 unspecified atom stereocenters. The monoisotopic (exact) mass is 510 g/mol. The average molecular weight is 510 g/mol. The van der Waals surface area contributed by atoms with Crippen LogP contribution in [0, 0.1) is 6.92 Å². The Morgan fingerprint density at radius 2 is 2.03 bits per heavy atom. The molecule has 2 aromatic rings. The van der Waals surface area contributed by atoms with Crippen LogP contribution in [0.25, 0.3) is 0 Å². The van der Waals surface area contributed by atoms with Gasteiger partial charge in [0.25, 0.3) is 0 Å². The predicted molar refractivity (Wildman–Crippen MR) is 131 cm³/mol. The second-order valence-electron chi connectivity index (χ2n) is 7.71. The summed E-state index contributed by atoms with van der Waals surface area (Å²) in [6.07, 6.45) is 7.30. The molecule has 1 aromatic carbocycles. The largest absolute Gasteiger partial charge is 0.356 e. The maximum absolute atomic E-state index is 4.41. The molecule has 3 rings (SSSR count). The Morgan fingerprint density at radius 3 is 2.72 bits per heavy atom. The molecule has 1 aromatic heterocycles. The smallest absolute Gasteiger partial charge is 0.191 e. The van der Waals surface area contributed by atoms with E-state index in [4.69, 9.17) is 0 Å². The minimum absolute atomic E-state index is 0. The maximum Gasteiger partial charge on any atom is 0.191 e. The third-order valence-electron chi connectivity index (χ3n) is 5.54. The number of hydrogen-bond acceptors (Lipinski definition) is 3. The first kappa shape index (κ1) is 23.7. The lowest BCUT2D eigenvalue weighted by Crippen LogP contribution is -2.44. The van der Waals surface area contributed by atoms with E-state index in [2.05, 4.69) is 67.3 Å². The Balaban J connectivity index is 0.00000300. The third-order valence-corrected chi connectivity index (χ3v) is 5.54. The fourth-order valence-corrected chi connectivity index (χ4v) is 3.88. The number of unbranched alkanes of at least 4 members (excludes halogenated alkanes) is 1. The van der Waals surface area contributed by atoms with Crippen molar-refractivity contribution in [1.82, 2.24) is 25.1 Å². The van der Waals surface area contributed by atoms with Gasteiger partial charge in [-0.1, -0.05) is 30.3 Å². The van der Waals surface area contributed by atoms with Crippen molar-refractivity contribution < 1.29 is 0 Å². The zero-order valence-electron chi connectivity index (χ0n) is 17.8. The van der Waals surface area contributed by atoms with Crippen LogP contribution in [0.1, 0.15) is 37.6 Å². The van der Waals surface area contributed by atoms with Gasteiger partial charge < -0.3 is 15.2 Å². The molecule has 29 heavy (non-hydrogen) atoms. The molecule has 160 valence electrons. The van der Waals surface area contributed by atoms with Crippen LogP contribution in [0.3, 0.4) is 0 Å². The van der Waals surface area contributed by atoms with Crippen molar-refractivity contribution in [2.75, 3.05) is 20.1 Å². The van der Waals surface area contributed by atoms with Gasteiger partial charge in [-0.2, -0.15) is 0 Å². The number of nitrogens with one attached hydrogen (secondary N) is 2. The summed E-state index contributed by atoms with van der Waals surface area (Å²) in [4.78, 5) is 11.2. The van der Waals surface area contributed by atoms with Crippen molar-refractivity contribution in [2.45, 2.75) is 58.3 Å². The number of benzene rings is 1. The number of guanidine groups is 1. The highest BCUT2D eigenvalue weighted by molar-refractivity contribution is 14.0. The van der Waals surface area contributed by atoms with Crippen LogP contribution in [-0.4, -0.2) is 52.6 Å². The van der Waals surface area contributed by atoms with Crippen molar-refractivity contribution in [1.29, 1.82) is 0 Å². The van der Waals surface area contributed by atoms with Gasteiger partial charge in [0.1, 0.15) is 5.82 Å². The molecule has 0 saturated carbocycles. The van der Waals surface area contributed by atoms with Gasteiger partial charge in [-0.15, -0.1) is 24.0 Å². The number of aromatic nitrogens is 2. The first-order chi connectivity index (χ1) is 13.7. The number of halogens is 1. The van der Waals surface area contributed by atoms with Gasteiger partial charge in [0, 0.05) is 57.7 Å². The molecule has 1 fully saturated rings. The fraction of sp³-hybridized carbons (Fsp3) is 0.545. The number of imidazole rings is 1. The molecule has 6 nitrogen and oxygen atoms in total. The standard InChI is InChI=1S/C22H34N6.HI/c1-18-15-21(17-28(18)16-20-9-5-4-6-10-20)26-22(23-3)25-11-7-8-13-27-14-12-24-19(27)2;/h4-6,9-10,12,14,18,21H,7-8,11,13,15-17H2,1-3H3,(H2,23,25,26);1H. The topological polar surface area (TPSA) is 57.5 Å². The van der Waals surface area contributed by atoms with Crippen molar-refractivity contribution >= 4 is 29.9 Å². The minimum Gasteiger partial charge on any atom is -0.356 e. The van der Waals surface area contributed by atoms with Crippen LogP contribution in [0.2, 0.25) is 0 Å². The van der Waals surface area contributed by atoms with E-state index in [0.29, 0.717) is 12.1 Å². The first-order valence-electron chi connectivity index (χ1n) is 10.4. The Bertz CT molecular complexity index is 745. The van der Waals surface area contributed by atoms with Gasteiger partial charge in [0.2, 0.25) is 0 Å². The number of hydrogen-bond donors (Lipinski definition) is 2. The Kier molecular flexibility index (Phi) is 9.93. The van der Waals surface area contributed by atoms with E-state index >= 15 is 0 Å². The van der Waals surface area contributed by atoms with Gasteiger partial charge in [0.15, 0.2) is 5.96 Å². The lowest BCUT2D eigenvalue weighted by Gasteiger charge is -2.21. The van der Waals surface area contributed by atoms with Crippen molar-refractivity contribution in [3.05, 3.63) is 54.1 Å². The van der Waals surface area contributed by atoms with Crippen LogP contribution >= 0.6 is 24.0 Å². The third kappa shape index (κ3) is 7.29. The molecule has 2 N–H and O–H groups in total. The quantitative estimate of drug-likeness (QED) is 0.248. The molecule has 7 heteroatoms. The Hall–Kier alpha value is -1.61. The zero-order chi connectivity index (χ0) is 19.8. The number of rotatable bonds is 8. The second-order valence-corrected chi connectivity index (χ2v) is 7.71. The molecule has 2 heterocycles. The number of nitrogens with zero attached hydrogens (tertiary/aromatic N) is 4. The highest BCUT2D eigenvalue weighted by Gasteiger charge is 2.29. The zero-order valence-corrected chi connectivity index (χ0v) is 20.2. The molecular weight excluding hydrogens is 475 g/mol. The van der Waals surface area contributed by atoms with Gasteiger partial charge in [0.05, 0.1) is 0 Å². The van der Waals surface area contributed by atoms with E-state index < -0.39 is 0 Å². The molecule has 1 aliphatic rings. The van der Waals surface area contributed by atoms with E-state index in [1.165, 1.54) is 5.56 Å². The minimum atomic E-state index is 0. The highest BCUT2D eigenvalue weighted by Crippen LogP contribution is 2.20. The van der Waals surface area contributed by atoms with Crippen LogP contribution in [0.15, 0.2) is 47.7 Å². The first-order valence-corrected chi connectivity index (χ1v) is 10.4. The molecular formula is C22H35IN6. The van der Waals surface area contributed by atoms with Crippen molar-refractivity contribution in [2.24, 2.45) is 4.99 Å². The van der Waals surface area contributed by atoms with E-state index in [0.717, 1.165) is 57.2 Å². The lowest BCUT2D eigenvalue weighted by atomic mass is 10.2. The van der Waals surface area contributed by atoms with Crippen LogP contribution in [-0.2, 0) is 13.1 Å². The molecule has 1 saturated heterocycles. The predicted octanol–water partition coefficient (Wildman–Crippen LogP) is 3.42. The molecule has 0 aliphatic carbocycles. The summed E-state index contributed by atoms with van der Waals surface area (Å²) < 4.78 is 2.20. The summed E-state index contributed by atoms with van der Waals surface area (Å²) in [5.41, 5.74) is 1.38. The fourth-order valence-electron chi connectivity index (χ4n) is 3.88. The van der Waals surface area contributed by atoms with Crippen LogP contribution < -0.4 is 10.6 Å². The summed E-state index contributed by atoms with van der Waals surface area (Å²) >= 11 is 0. The van der Waals surface area contributed by atoms with E-state index in [-0.39, 0.29) is 24.0 Å². The van der Waals surface area contributed by atoms with Gasteiger partial charge >= 0.3 is 0 Å². The van der Waals surface area contributed by atoms with Gasteiger partial charge in [-0.25, -0.2) is 4.98 Å². The van der Waals surface area contributed by atoms with Crippen LogP contribution in [0.5, 0.6) is 0 Å². The molecule has 0 amide bonds. The SMILES string of the molecule is CN=C(NCCCCn1ccnc1C)NC1CC(C)N(Cc2ccccc2)C1.I. The van der Waals surface area contributed by atoms with E-state index in [1.807, 2.05) is 26.4 Å². The highest BCUT2D eigenvalue weighted by atomic mass is 127. The van der Waals surface area contributed by atoms with Crippen LogP contribution in [0.4, 0.5) is 0 Å². The number of aliphatic imine (C=N–C) groups is 1. The normalized spacial score (nSPS) is 19.8. The summed E-state index contributed by atoms with van der Waals surface area (Å²) in [5, 5.41) is 7.07. The van der Waals surface area contributed by atoms with Gasteiger partial charge in [-0.05, 0) is 38.7 Å². The maximum atomic E-state index is 4.41. The summed E-state index contributed by atoms with van der Waals surface area (Å²) in [7, 11) is 1.85. The summed E-state index contributed by atoms with van der Waals surface area (Å²) in [6, 6.07) is 11.7. The molecule has 2 atom stereocenters. The summed E-state index contributed by atoms with van der Waals surface area (Å²) in [5.74, 6) is 2.00. The van der Waals surface area contributed by atoms with Crippen molar-refractivity contribution in [3.63, 3.8) is 0 Å². The van der Waals surface area contributed by atoms with E-state index in [1.54, 1.807) is 0 Å². The lowest BCUT2D eigenvalue weighted by molar-refractivity contribution is 0.258. The summed E-state index contributed by atoms with van der Waals surface area (Å²) in [6.45, 7) is 8.39. The Morgan fingerprint density at radius 1 is 1.24 bits per heavy atom. The molecule has 0 bridgehead atoms. The molecule has 0 spiro atoms. The second kappa shape index (κ2) is 12.2. The Labute approximate surface area is 192 Å². The average Bonchev–Trinajstić information content (AvgIpc) is 3.26. The molecule has 0 radical (unpaired) electrons. The van der Waals surface area contributed by atoms with Gasteiger partial charge in [-0.3, -0.25) is 9.89 Å². The molecule has 1 aliphatic heterocycles. The number of aryl methyl sites for hydroxylation is 2. The van der Waals surface area contributed by atoms with Crippen molar-refractivity contribution in [3.8, 4) is 0 Å². The number of likely N-dealkylation sites (tertiary alicyclic amines) is 1. The van der Waals surface area contributed by atoms with E-state index in [9.17, 15) is 0 Å².